The molecule has 1 saturated heterocycles. The van der Waals surface area contributed by atoms with Crippen LogP contribution >= 0.6 is 36.6 Å². The molecule has 1 heterocycles. The molecule has 0 bridgehead atoms. The van der Waals surface area contributed by atoms with Gasteiger partial charge in [0.1, 0.15) is 0 Å². The molecule has 0 unspecified atom stereocenters. The van der Waals surface area contributed by atoms with Crippen LogP contribution in [0.15, 0.2) is 24.3 Å². The van der Waals surface area contributed by atoms with Crippen LogP contribution in [0.5, 0.6) is 0 Å². The number of hydrogen-bond donors (Lipinski definition) is 2. The number of anilines is 1. The number of thioether (sulfide) groups is 1. The van der Waals surface area contributed by atoms with Gasteiger partial charge in [-0.3, -0.25) is 9.69 Å². The Bertz CT molecular complexity index is 443. The monoisotopic (exact) mass is 365 g/mol. The Morgan fingerprint density at radius 2 is 1.91 bits per heavy atom. The van der Waals surface area contributed by atoms with Gasteiger partial charge in [-0.05, 0) is 18.1 Å². The fourth-order valence-corrected chi connectivity index (χ4v) is 3.26. The number of hydrogen-bond acceptors (Lipinski definition) is 4. The minimum Gasteiger partial charge on any atom is -0.399 e. The third-order valence-electron chi connectivity index (χ3n) is 3.53. The number of carbonyl (C=O) groups is 1. The predicted molar refractivity (Wildman–Crippen MR) is 100 cm³/mol. The summed E-state index contributed by atoms with van der Waals surface area (Å²) in [5, 5.41) is 2.99. The van der Waals surface area contributed by atoms with E-state index in [-0.39, 0.29) is 30.7 Å². The predicted octanol–water partition coefficient (Wildman–Crippen LogP) is 2.21. The SMILES string of the molecule is Cl.Cl.Nc1ccccc1CCC(=O)NCCN1CCSCC1. The highest BCUT2D eigenvalue weighted by Gasteiger charge is 2.10. The molecular formula is C15H25Cl2N3OS. The Morgan fingerprint density at radius 3 is 2.59 bits per heavy atom. The molecule has 126 valence electrons. The zero-order chi connectivity index (χ0) is 14.2. The highest BCUT2D eigenvalue weighted by Crippen LogP contribution is 2.12. The third kappa shape index (κ3) is 7.58. The van der Waals surface area contributed by atoms with E-state index in [1.807, 2.05) is 36.0 Å². The van der Waals surface area contributed by atoms with Gasteiger partial charge in [-0.15, -0.1) is 24.8 Å². The van der Waals surface area contributed by atoms with Crippen molar-refractivity contribution in [1.82, 2.24) is 10.2 Å². The summed E-state index contributed by atoms with van der Waals surface area (Å²) < 4.78 is 0. The zero-order valence-electron chi connectivity index (χ0n) is 12.6. The Morgan fingerprint density at radius 1 is 1.23 bits per heavy atom. The molecule has 0 radical (unpaired) electrons. The van der Waals surface area contributed by atoms with E-state index in [4.69, 9.17) is 5.73 Å². The van der Waals surface area contributed by atoms with E-state index >= 15 is 0 Å². The van der Waals surface area contributed by atoms with Crippen LogP contribution in [0.25, 0.3) is 0 Å². The number of para-hydroxylation sites is 1. The molecule has 0 spiro atoms. The Kier molecular flexibility index (Phi) is 11.5. The number of nitrogen functional groups attached to an aromatic ring is 1. The van der Waals surface area contributed by atoms with Gasteiger partial charge < -0.3 is 11.1 Å². The number of nitrogens with two attached hydrogens (primary N) is 1. The maximum atomic E-state index is 11.8. The van der Waals surface area contributed by atoms with Crippen molar-refractivity contribution < 1.29 is 4.79 Å². The lowest BCUT2D eigenvalue weighted by Crippen LogP contribution is -2.39. The number of nitrogens with one attached hydrogen (secondary N) is 1. The number of rotatable bonds is 6. The van der Waals surface area contributed by atoms with E-state index in [0.29, 0.717) is 12.8 Å². The van der Waals surface area contributed by atoms with Crippen LogP contribution in [-0.2, 0) is 11.2 Å². The molecular weight excluding hydrogens is 341 g/mol. The second kappa shape index (κ2) is 11.9. The van der Waals surface area contributed by atoms with Crippen LogP contribution in [0.4, 0.5) is 5.69 Å². The van der Waals surface area contributed by atoms with Crippen LogP contribution in [0.3, 0.4) is 0 Å². The molecule has 7 heteroatoms. The summed E-state index contributed by atoms with van der Waals surface area (Å²) in [5.74, 6) is 2.53. The second-order valence-corrected chi connectivity index (χ2v) is 6.23. The van der Waals surface area contributed by atoms with Gasteiger partial charge in [0.05, 0.1) is 0 Å². The molecule has 3 N–H and O–H groups in total. The van der Waals surface area contributed by atoms with Gasteiger partial charge in [0, 0.05) is 49.8 Å². The molecule has 1 aromatic carbocycles. The number of nitrogens with zero attached hydrogens (tertiary/aromatic N) is 1. The van der Waals surface area contributed by atoms with Gasteiger partial charge in [0.15, 0.2) is 0 Å². The van der Waals surface area contributed by atoms with Gasteiger partial charge >= 0.3 is 0 Å². The lowest BCUT2D eigenvalue weighted by atomic mass is 10.1. The van der Waals surface area contributed by atoms with E-state index in [9.17, 15) is 4.79 Å². The molecule has 0 saturated carbocycles. The average molecular weight is 366 g/mol. The first kappa shape index (κ1) is 21.4. The van der Waals surface area contributed by atoms with E-state index in [2.05, 4.69) is 10.2 Å². The van der Waals surface area contributed by atoms with Crippen molar-refractivity contribution in [1.29, 1.82) is 0 Å². The fraction of sp³-hybridized carbons (Fsp3) is 0.533. The minimum absolute atomic E-state index is 0. The molecule has 1 aliphatic heterocycles. The minimum atomic E-state index is 0. The zero-order valence-corrected chi connectivity index (χ0v) is 15.1. The van der Waals surface area contributed by atoms with E-state index < -0.39 is 0 Å². The molecule has 2 rings (SSSR count). The molecule has 1 amide bonds. The van der Waals surface area contributed by atoms with Gasteiger partial charge in [0.2, 0.25) is 5.91 Å². The highest BCUT2D eigenvalue weighted by atomic mass is 35.5. The van der Waals surface area contributed by atoms with Crippen LogP contribution in [-0.4, -0.2) is 48.5 Å². The maximum Gasteiger partial charge on any atom is 0.220 e. The van der Waals surface area contributed by atoms with Crippen LogP contribution in [0, 0.1) is 0 Å². The van der Waals surface area contributed by atoms with Crippen molar-refractivity contribution in [2.75, 3.05) is 43.4 Å². The maximum absolute atomic E-state index is 11.8. The summed E-state index contributed by atoms with van der Waals surface area (Å²) in [6.07, 6.45) is 1.21. The van der Waals surface area contributed by atoms with Crippen molar-refractivity contribution in [3.05, 3.63) is 29.8 Å². The Labute approximate surface area is 149 Å². The topological polar surface area (TPSA) is 58.4 Å². The van der Waals surface area contributed by atoms with Crippen molar-refractivity contribution in [2.45, 2.75) is 12.8 Å². The first-order valence-corrected chi connectivity index (χ1v) is 8.31. The molecule has 1 aliphatic rings. The number of aryl methyl sites for hydroxylation is 1. The standard InChI is InChI=1S/C15H23N3OS.2ClH/c16-14-4-2-1-3-13(14)5-6-15(19)17-7-8-18-9-11-20-12-10-18;;/h1-4H,5-12,16H2,(H,17,19);2*1H. The summed E-state index contributed by atoms with van der Waals surface area (Å²) in [7, 11) is 0. The lowest BCUT2D eigenvalue weighted by molar-refractivity contribution is -0.121. The summed E-state index contributed by atoms with van der Waals surface area (Å²) in [6, 6.07) is 7.73. The van der Waals surface area contributed by atoms with Gasteiger partial charge in [-0.2, -0.15) is 11.8 Å². The molecule has 4 nitrogen and oxygen atoms in total. The fourth-order valence-electron chi connectivity index (χ4n) is 2.28. The highest BCUT2D eigenvalue weighted by molar-refractivity contribution is 7.99. The van der Waals surface area contributed by atoms with Crippen molar-refractivity contribution >= 4 is 48.2 Å². The summed E-state index contributed by atoms with van der Waals surface area (Å²) in [4.78, 5) is 14.2. The van der Waals surface area contributed by atoms with Crippen LogP contribution in [0.2, 0.25) is 0 Å². The quantitative estimate of drug-likeness (QED) is 0.758. The summed E-state index contributed by atoms with van der Waals surface area (Å²) in [6.45, 7) is 3.98. The Balaban J connectivity index is 0.00000220. The molecule has 0 aromatic heterocycles. The summed E-state index contributed by atoms with van der Waals surface area (Å²) in [5.41, 5.74) is 7.69. The number of benzene rings is 1. The molecule has 0 aliphatic carbocycles. The molecule has 0 atom stereocenters. The van der Waals surface area contributed by atoms with Crippen LogP contribution < -0.4 is 11.1 Å². The second-order valence-electron chi connectivity index (χ2n) is 5.00. The van der Waals surface area contributed by atoms with Crippen LogP contribution in [0.1, 0.15) is 12.0 Å². The number of amides is 1. The van der Waals surface area contributed by atoms with Crippen molar-refractivity contribution in [2.24, 2.45) is 0 Å². The smallest absolute Gasteiger partial charge is 0.220 e. The molecule has 1 aromatic rings. The largest absolute Gasteiger partial charge is 0.399 e. The van der Waals surface area contributed by atoms with Gasteiger partial charge in [-0.1, -0.05) is 18.2 Å². The molecule has 22 heavy (non-hydrogen) atoms. The third-order valence-corrected chi connectivity index (χ3v) is 4.47. The van der Waals surface area contributed by atoms with E-state index in [1.165, 1.54) is 11.5 Å². The first-order valence-electron chi connectivity index (χ1n) is 7.16. The van der Waals surface area contributed by atoms with Crippen molar-refractivity contribution in [3.63, 3.8) is 0 Å². The van der Waals surface area contributed by atoms with Gasteiger partial charge in [-0.25, -0.2) is 0 Å². The van der Waals surface area contributed by atoms with E-state index in [0.717, 1.165) is 37.4 Å². The molecule has 1 fully saturated rings. The average Bonchev–Trinajstić information content (AvgIpc) is 2.47. The van der Waals surface area contributed by atoms with E-state index in [1.54, 1.807) is 0 Å². The number of halogens is 2. The first-order chi connectivity index (χ1) is 9.75. The van der Waals surface area contributed by atoms with Crippen molar-refractivity contribution in [3.8, 4) is 0 Å². The summed E-state index contributed by atoms with van der Waals surface area (Å²) >= 11 is 2.00. The lowest BCUT2D eigenvalue weighted by Gasteiger charge is -2.25. The Hall–Kier alpha value is -0.620. The van der Waals surface area contributed by atoms with Gasteiger partial charge in [0.25, 0.3) is 0 Å². The number of carbonyl (C=O) groups excluding carboxylic acids is 1. The normalized spacial score (nSPS) is 14.5.